The Bertz CT molecular complexity index is 682. The van der Waals surface area contributed by atoms with Crippen molar-refractivity contribution in [3.8, 4) is 5.75 Å². The van der Waals surface area contributed by atoms with Gasteiger partial charge in [0.15, 0.2) is 0 Å². The Balaban J connectivity index is 1.99. The van der Waals surface area contributed by atoms with Crippen molar-refractivity contribution in [1.82, 2.24) is 0 Å². The lowest BCUT2D eigenvalue weighted by Gasteiger charge is -2.27. The molecule has 0 bridgehead atoms. The first-order valence-electron chi connectivity index (χ1n) is 6.95. The quantitative estimate of drug-likeness (QED) is 0.912. The Hall–Kier alpha value is -1.22. The molecule has 2 aromatic carbocycles. The molecule has 1 aliphatic rings. The van der Waals surface area contributed by atoms with E-state index in [-0.39, 0.29) is 0 Å². The minimum atomic E-state index is -0.581. The fourth-order valence-electron chi connectivity index (χ4n) is 2.89. The van der Waals surface area contributed by atoms with Crippen molar-refractivity contribution < 1.29 is 4.74 Å². The summed E-state index contributed by atoms with van der Waals surface area (Å²) in [4.78, 5) is 0. The van der Waals surface area contributed by atoms with Gasteiger partial charge in [-0.1, -0.05) is 41.4 Å². The van der Waals surface area contributed by atoms with Gasteiger partial charge in [-0.15, -0.1) is 0 Å². The van der Waals surface area contributed by atoms with Gasteiger partial charge < -0.3 is 10.5 Å². The third kappa shape index (κ3) is 2.89. The smallest absolute Gasteiger partial charge is 0.125 e. The van der Waals surface area contributed by atoms with Crippen LogP contribution in [0, 0.1) is 0 Å². The summed E-state index contributed by atoms with van der Waals surface area (Å²) < 4.78 is 5.75. The van der Waals surface area contributed by atoms with E-state index in [1.165, 1.54) is 0 Å². The second-order valence-corrected chi connectivity index (χ2v) is 6.57. The molecule has 110 valence electrons. The van der Waals surface area contributed by atoms with Crippen molar-refractivity contribution in [3.05, 3.63) is 63.1 Å². The fourth-order valence-corrected chi connectivity index (χ4v) is 3.51. The molecule has 0 fully saturated rings. The Morgan fingerprint density at radius 3 is 2.76 bits per heavy atom. The van der Waals surface area contributed by atoms with E-state index in [0.717, 1.165) is 33.9 Å². The molecule has 0 radical (unpaired) electrons. The number of halogens is 2. The van der Waals surface area contributed by atoms with Gasteiger partial charge in [-0.25, -0.2) is 0 Å². The van der Waals surface area contributed by atoms with Gasteiger partial charge in [0.25, 0.3) is 0 Å². The lowest BCUT2D eigenvalue weighted by atomic mass is 9.86. The van der Waals surface area contributed by atoms with Crippen LogP contribution in [-0.2, 0) is 18.4 Å². The molecule has 2 nitrogen and oxygen atoms in total. The van der Waals surface area contributed by atoms with Crippen molar-refractivity contribution in [1.29, 1.82) is 0 Å². The second kappa shape index (κ2) is 5.53. The molecule has 1 heterocycles. The molecule has 2 N–H and O–H groups in total. The maximum Gasteiger partial charge on any atom is 0.125 e. The summed E-state index contributed by atoms with van der Waals surface area (Å²) in [5.74, 6) is 0.933. The van der Waals surface area contributed by atoms with Gasteiger partial charge in [0.1, 0.15) is 5.75 Å². The molecule has 0 saturated heterocycles. The first kappa shape index (κ1) is 14.7. The zero-order chi connectivity index (χ0) is 15.0. The van der Waals surface area contributed by atoms with E-state index in [0.29, 0.717) is 18.1 Å². The van der Waals surface area contributed by atoms with Gasteiger partial charge in [-0.2, -0.15) is 0 Å². The highest BCUT2D eigenvalue weighted by Gasteiger charge is 2.28. The molecule has 0 spiro atoms. The second-order valence-electron chi connectivity index (χ2n) is 5.73. The van der Waals surface area contributed by atoms with E-state index in [9.17, 15) is 0 Å². The van der Waals surface area contributed by atoms with Crippen molar-refractivity contribution >= 4 is 23.2 Å². The number of ether oxygens (including phenoxy) is 1. The van der Waals surface area contributed by atoms with Crippen LogP contribution in [0.25, 0.3) is 0 Å². The topological polar surface area (TPSA) is 35.2 Å². The lowest BCUT2D eigenvalue weighted by Crippen LogP contribution is -2.35. The van der Waals surface area contributed by atoms with E-state index in [2.05, 4.69) is 0 Å². The van der Waals surface area contributed by atoms with Crippen LogP contribution in [-0.4, -0.2) is 6.61 Å². The Labute approximate surface area is 134 Å². The summed E-state index contributed by atoms with van der Waals surface area (Å²) in [6, 6.07) is 11.6. The van der Waals surface area contributed by atoms with Gasteiger partial charge in [-0.05, 0) is 48.2 Å². The number of nitrogens with two attached hydrogens (primary N) is 1. The van der Waals surface area contributed by atoms with Crippen LogP contribution < -0.4 is 10.5 Å². The maximum absolute atomic E-state index is 6.53. The molecular formula is C17H17Cl2NO. The van der Waals surface area contributed by atoms with Crippen LogP contribution in [0.4, 0.5) is 0 Å². The molecule has 1 aliphatic heterocycles. The molecule has 0 aromatic heterocycles. The average molecular weight is 322 g/mol. The Morgan fingerprint density at radius 2 is 2.00 bits per heavy atom. The van der Waals surface area contributed by atoms with E-state index >= 15 is 0 Å². The Kier molecular flexibility index (Phi) is 3.87. The van der Waals surface area contributed by atoms with Crippen LogP contribution >= 0.6 is 23.2 Å². The van der Waals surface area contributed by atoms with Gasteiger partial charge in [-0.3, -0.25) is 0 Å². The van der Waals surface area contributed by atoms with Gasteiger partial charge in [0.2, 0.25) is 0 Å². The minimum absolute atomic E-state index is 0.581. The summed E-state index contributed by atoms with van der Waals surface area (Å²) in [5, 5.41) is 1.41. The maximum atomic E-state index is 6.53. The summed E-state index contributed by atoms with van der Waals surface area (Å²) in [6.45, 7) is 2.69. The molecule has 2 aromatic rings. The van der Waals surface area contributed by atoms with E-state index < -0.39 is 5.54 Å². The highest BCUT2D eigenvalue weighted by atomic mass is 35.5. The van der Waals surface area contributed by atoms with Crippen LogP contribution in [0.2, 0.25) is 10.0 Å². The number of rotatable bonds is 3. The predicted octanol–water partition coefficient (Wildman–Crippen LogP) is 4.34. The first-order valence-corrected chi connectivity index (χ1v) is 7.71. The van der Waals surface area contributed by atoms with Gasteiger partial charge in [0.05, 0.1) is 6.61 Å². The van der Waals surface area contributed by atoms with Crippen LogP contribution in [0.3, 0.4) is 0 Å². The van der Waals surface area contributed by atoms with Gasteiger partial charge in [0, 0.05) is 22.0 Å². The normalized spacial score (nSPS) is 16.2. The number of fused-ring (bicyclic) bond motifs is 1. The molecular weight excluding hydrogens is 305 g/mol. The summed E-state index contributed by atoms with van der Waals surface area (Å²) in [5.41, 5.74) is 9.08. The van der Waals surface area contributed by atoms with Gasteiger partial charge >= 0.3 is 0 Å². The summed E-state index contributed by atoms with van der Waals surface area (Å²) in [7, 11) is 0. The standard InChI is InChI=1S/C17H17Cl2NO/c1-17(20,14-4-2-3-5-15(14)19)10-12-9-13(18)8-11-6-7-21-16(11)12/h2-5,8-9H,6-7,10,20H2,1H3. The molecule has 0 saturated carbocycles. The summed E-state index contributed by atoms with van der Waals surface area (Å²) in [6.07, 6.45) is 1.52. The van der Waals surface area contributed by atoms with E-state index in [1.54, 1.807) is 0 Å². The van der Waals surface area contributed by atoms with Crippen molar-refractivity contribution in [2.24, 2.45) is 5.73 Å². The zero-order valence-electron chi connectivity index (χ0n) is 11.8. The van der Waals surface area contributed by atoms with Crippen LogP contribution in [0.1, 0.15) is 23.6 Å². The number of hydrogen-bond acceptors (Lipinski definition) is 2. The molecule has 1 unspecified atom stereocenters. The largest absolute Gasteiger partial charge is 0.493 e. The molecule has 1 atom stereocenters. The molecule has 0 aliphatic carbocycles. The third-order valence-corrected chi connectivity index (χ3v) is 4.42. The zero-order valence-corrected chi connectivity index (χ0v) is 13.3. The van der Waals surface area contributed by atoms with Crippen molar-refractivity contribution in [2.75, 3.05) is 6.61 Å². The number of hydrogen-bond donors (Lipinski definition) is 1. The lowest BCUT2D eigenvalue weighted by molar-refractivity contribution is 0.349. The average Bonchev–Trinajstić information content (AvgIpc) is 2.86. The SMILES string of the molecule is CC(N)(Cc1cc(Cl)cc2c1OCC2)c1ccccc1Cl. The third-order valence-electron chi connectivity index (χ3n) is 3.87. The van der Waals surface area contributed by atoms with Crippen LogP contribution in [0.15, 0.2) is 36.4 Å². The highest BCUT2D eigenvalue weighted by Crippen LogP contribution is 2.37. The fraction of sp³-hybridized carbons (Fsp3) is 0.294. The monoisotopic (exact) mass is 321 g/mol. The van der Waals surface area contributed by atoms with E-state index in [1.807, 2.05) is 43.3 Å². The summed E-state index contributed by atoms with van der Waals surface area (Å²) >= 11 is 12.5. The predicted molar refractivity (Wildman–Crippen MR) is 87.3 cm³/mol. The van der Waals surface area contributed by atoms with E-state index in [4.69, 9.17) is 33.7 Å². The van der Waals surface area contributed by atoms with Crippen molar-refractivity contribution in [2.45, 2.75) is 25.3 Å². The molecule has 21 heavy (non-hydrogen) atoms. The number of benzene rings is 2. The van der Waals surface area contributed by atoms with Crippen LogP contribution in [0.5, 0.6) is 5.75 Å². The Morgan fingerprint density at radius 1 is 1.24 bits per heavy atom. The first-order chi connectivity index (χ1) is 9.97. The molecule has 0 amide bonds. The minimum Gasteiger partial charge on any atom is -0.493 e. The molecule has 4 heteroatoms. The highest BCUT2D eigenvalue weighted by molar-refractivity contribution is 6.31. The van der Waals surface area contributed by atoms with Crippen molar-refractivity contribution in [3.63, 3.8) is 0 Å². The molecule has 3 rings (SSSR count).